The highest BCUT2D eigenvalue weighted by Gasteiger charge is 2.29. The summed E-state index contributed by atoms with van der Waals surface area (Å²) in [5.41, 5.74) is 5.55. The second kappa shape index (κ2) is 6.81. The Balaban J connectivity index is 1.77. The van der Waals surface area contributed by atoms with E-state index in [0.29, 0.717) is 31.1 Å². The molecule has 0 amide bonds. The Kier molecular flexibility index (Phi) is 4.89. The summed E-state index contributed by atoms with van der Waals surface area (Å²) >= 11 is 0. The van der Waals surface area contributed by atoms with Crippen LogP contribution in [0.15, 0.2) is 41.3 Å². The maximum Gasteiger partial charge on any atom is 0.243 e. The van der Waals surface area contributed by atoms with Crippen LogP contribution in [0.4, 0.5) is 5.69 Å². The molecule has 1 heterocycles. The first-order chi connectivity index (χ1) is 11.8. The van der Waals surface area contributed by atoms with Crippen LogP contribution in [-0.2, 0) is 10.0 Å². The van der Waals surface area contributed by atoms with Gasteiger partial charge in [0.05, 0.1) is 4.90 Å². The zero-order chi connectivity index (χ0) is 18.2. The average molecular weight is 359 g/mol. The van der Waals surface area contributed by atoms with Crippen LogP contribution >= 0.6 is 0 Å². The Labute approximate surface area is 151 Å². The number of hydrogen-bond donors (Lipinski definition) is 0. The minimum Gasteiger partial charge on any atom is -0.369 e. The van der Waals surface area contributed by atoms with Crippen LogP contribution in [0.3, 0.4) is 0 Å². The van der Waals surface area contributed by atoms with Crippen molar-refractivity contribution in [3.63, 3.8) is 0 Å². The average Bonchev–Trinajstić information content (AvgIpc) is 2.53. The molecule has 4 nitrogen and oxygen atoms in total. The van der Waals surface area contributed by atoms with Crippen LogP contribution in [0.1, 0.15) is 22.3 Å². The number of rotatable bonds is 3. The number of benzene rings is 2. The van der Waals surface area contributed by atoms with Gasteiger partial charge < -0.3 is 4.90 Å². The first kappa shape index (κ1) is 18.0. The number of nitrogens with zero attached hydrogens (tertiary/aromatic N) is 2. The maximum absolute atomic E-state index is 13.0. The van der Waals surface area contributed by atoms with Crippen LogP contribution in [0.5, 0.6) is 0 Å². The third-order valence-corrected chi connectivity index (χ3v) is 6.82. The van der Waals surface area contributed by atoms with E-state index >= 15 is 0 Å². The maximum atomic E-state index is 13.0. The summed E-state index contributed by atoms with van der Waals surface area (Å²) < 4.78 is 27.6. The second-order valence-electron chi connectivity index (χ2n) is 7.01. The van der Waals surface area contributed by atoms with Crippen molar-refractivity contribution in [2.75, 3.05) is 31.1 Å². The molecular formula is C20H26N2O2S. The molecule has 2 aromatic carbocycles. The largest absolute Gasteiger partial charge is 0.369 e. The summed E-state index contributed by atoms with van der Waals surface area (Å²) in [5.74, 6) is 0. The van der Waals surface area contributed by atoms with Gasteiger partial charge in [-0.15, -0.1) is 0 Å². The number of aryl methyl sites for hydroxylation is 4. The van der Waals surface area contributed by atoms with Crippen molar-refractivity contribution in [1.29, 1.82) is 0 Å². The minimum atomic E-state index is -3.42. The first-order valence-corrected chi connectivity index (χ1v) is 10.1. The molecular weight excluding hydrogens is 332 g/mol. The van der Waals surface area contributed by atoms with E-state index < -0.39 is 10.0 Å². The number of hydrogen-bond acceptors (Lipinski definition) is 3. The summed E-state index contributed by atoms with van der Waals surface area (Å²) in [6, 6.07) is 12.0. The normalized spacial score (nSPS) is 16.2. The van der Waals surface area contributed by atoms with E-state index in [2.05, 4.69) is 36.9 Å². The van der Waals surface area contributed by atoms with Crippen LogP contribution in [-0.4, -0.2) is 38.9 Å². The Hall–Kier alpha value is -1.85. The molecule has 0 spiro atoms. The van der Waals surface area contributed by atoms with E-state index in [9.17, 15) is 8.42 Å². The lowest BCUT2D eigenvalue weighted by Gasteiger charge is -2.36. The molecule has 0 N–H and O–H groups in total. The fraction of sp³-hybridized carbons (Fsp3) is 0.400. The Morgan fingerprint density at radius 2 is 1.36 bits per heavy atom. The Morgan fingerprint density at radius 1 is 0.760 bits per heavy atom. The number of anilines is 1. The molecule has 1 aliphatic heterocycles. The van der Waals surface area contributed by atoms with Crippen molar-refractivity contribution in [2.24, 2.45) is 0 Å². The van der Waals surface area contributed by atoms with Crippen molar-refractivity contribution in [3.8, 4) is 0 Å². The Morgan fingerprint density at radius 3 is 1.92 bits per heavy atom. The zero-order valence-corrected chi connectivity index (χ0v) is 16.2. The van der Waals surface area contributed by atoms with Gasteiger partial charge in [0.2, 0.25) is 10.0 Å². The van der Waals surface area contributed by atoms with Gasteiger partial charge in [0, 0.05) is 31.9 Å². The summed E-state index contributed by atoms with van der Waals surface area (Å²) in [4.78, 5) is 2.70. The van der Waals surface area contributed by atoms with Gasteiger partial charge in [-0.2, -0.15) is 4.31 Å². The molecule has 2 aromatic rings. The molecule has 3 rings (SSSR count). The van der Waals surface area contributed by atoms with E-state index in [1.165, 1.54) is 16.8 Å². The predicted molar refractivity (Wildman–Crippen MR) is 103 cm³/mol. The zero-order valence-electron chi connectivity index (χ0n) is 15.4. The van der Waals surface area contributed by atoms with Gasteiger partial charge in [0.25, 0.3) is 0 Å². The molecule has 1 saturated heterocycles. The summed E-state index contributed by atoms with van der Waals surface area (Å²) in [7, 11) is -3.42. The van der Waals surface area contributed by atoms with Crippen LogP contribution in [0, 0.1) is 27.7 Å². The summed E-state index contributed by atoms with van der Waals surface area (Å²) in [6.07, 6.45) is 0. The van der Waals surface area contributed by atoms with Crippen molar-refractivity contribution in [1.82, 2.24) is 4.31 Å². The highest BCUT2D eigenvalue weighted by Crippen LogP contribution is 2.25. The molecule has 0 unspecified atom stereocenters. The SMILES string of the molecule is Cc1cc(C)cc(N2CCN(S(=O)(=O)c3ccc(C)cc3C)CC2)c1. The van der Waals surface area contributed by atoms with Gasteiger partial charge in [0.1, 0.15) is 0 Å². The predicted octanol–water partition coefficient (Wildman–Crippen LogP) is 3.43. The topological polar surface area (TPSA) is 40.6 Å². The van der Waals surface area contributed by atoms with Crippen LogP contribution < -0.4 is 4.90 Å². The fourth-order valence-electron chi connectivity index (χ4n) is 3.55. The van der Waals surface area contributed by atoms with Gasteiger partial charge in [-0.3, -0.25) is 0 Å². The van der Waals surface area contributed by atoms with Crippen LogP contribution in [0.25, 0.3) is 0 Å². The van der Waals surface area contributed by atoms with Crippen molar-refractivity contribution >= 4 is 15.7 Å². The number of piperazine rings is 1. The van der Waals surface area contributed by atoms with Gasteiger partial charge in [-0.25, -0.2) is 8.42 Å². The lowest BCUT2D eigenvalue weighted by Crippen LogP contribution is -2.48. The monoisotopic (exact) mass is 358 g/mol. The second-order valence-corrected chi connectivity index (χ2v) is 8.91. The summed E-state index contributed by atoms with van der Waals surface area (Å²) in [5, 5.41) is 0. The highest BCUT2D eigenvalue weighted by atomic mass is 32.2. The molecule has 134 valence electrons. The highest BCUT2D eigenvalue weighted by molar-refractivity contribution is 7.89. The van der Waals surface area contributed by atoms with E-state index in [4.69, 9.17) is 0 Å². The third-order valence-electron chi connectivity index (χ3n) is 4.76. The van der Waals surface area contributed by atoms with Crippen molar-refractivity contribution < 1.29 is 8.42 Å². The first-order valence-electron chi connectivity index (χ1n) is 8.68. The lowest BCUT2D eigenvalue weighted by molar-refractivity contribution is 0.384. The molecule has 0 bridgehead atoms. The van der Waals surface area contributed by atoms with E-state index in [-0.39, 0.29) is 0 Å². The van der Waals surface area contributed by atoms with Gasteiger partial charge in [0.15, 0.2) is 0 Å². The van der Waals surface area contributed by atoms with Gasteiger partial charge in [-0.05, 0) is 62.6 Å². The quantitative estimate of drug-likeness (QED) is 0.844. The van der Waals surface area contributed by atoms with Gasteiger partial charge >= 0.3 is 0 Å². The fourth-order valence-corrected chi connectivity index (χ4v) is 5.18. The minimum absolute atomic E-state index is 0.429. The molecule has 25 heavy (non-hydrogen) atoms. The molecule has 0 atom stereocenters. The van der Waals surface area contributed by atoms with Crippen LogP contribution in [0.2, 0.25) is 0 Å². The molecule has 0 saturated carbocycles. The third kappa shape index (κ3) is 3.72. The van der Waals surface area contributed by atoms with Crippen molar-refractivity contribution in [2.45, 2.75) is 32.6 Å². The molecule has 1 fully saturated rings. The van der Waals surface area contributed by atoms with Gasteiger partial charge in [-0.1, -0.05) is 23.8 Å². The van der Waals surface area contributed by atoms with E-state index in [1.54, 1.807) is 10.4 Å². The van der Waals surface area contributed by atoms with E-state index in [1.807, 2.05) is 26.0 Å². The molecule has 0 aromatic heterocycles. The Bertz CT molecular complexity index is 862. The smallest absolute Gasteiger partial charge is 0.243 e. The molecule has 0 aliphatic carbocycles. The molecule has 0 radical (unpaired) electrons. The molecule has 5 heteroatoms. The standard InChI is InChI=1S/C20H26N2O2S/c1-15-5-6-20(18(4)12-15)25(23,24)22-9-7-21(8-10-22)19-13-16(2)11-17(3)14-19/h5-6,11-14H,7-10H2,1-4H3. The number of sulfonamides is 1. The summed E-state index contributed by atoms with van der Waals surface area (Å²) in [6.45, 7) is 10.5. The molecule has 1 aliphatic rings. The van der Waals surface area contributed by atoms with Crippen molar-refractivity contribution in [3.05, 3.63) is 58.7 Å². The lowest BCUT2D eigenvalue weighted by atomic mass is 10.1. The van der Waals surface area contributed by atoms with E-state index in [0.717, 1.165) is 11.1 Å².